The fourth-order valence-corrected chi connectivity index (χ4v) is 6.99. The van der Waals surface area contributed by atoms with E-state index in [1.165, 1.54) is 53.7 Å². The van der Waals surface area contributed by atoms with Gasteiger partial charge in [-0.05, 0) is 84.7 Å². The van der Waals surface area contributed by atoms with Gasteiger partial charge in [-0.25, -0.2) is 0 Å². The highest BCUT2D eigenvalue weighted by molar-refractivity contribution is 6.30. The molecule has 6 rings (SSSR count). The van der Waals surface area contributed by atoms with Crippen LogP contribution < -0.4 is 9.47 Å². The third kappa shape index (κ3) is 5.86. The van der Waals surface area contributed by atoms with Gasteiger partial charge in [0, 0.05) is 24.2 Å². The first kappa shape index (κ1) is 27.8. The van der Waals surface area contributed by atoms with Gasteiger partial charge >= 0.3 is 0 Å². The Morgan fingerprint density at radius 1 is 0.902 bits per heavy atom. The van der Waals surface area contributed by atoms with Gasteiger partial charge in [0.1, 0.15) is 6.61 Å². The number of imide groups is 1. The molecule has 2 aliphatic carbocycles. The third-order valence-electron chi connectivity index (χ3n) is 8.87. The van der Waals surface area contributed by atoms with Crippen molar-refractivity contribution >= 4 is 23.4 Å². The monoisotopic (exact) mass is 572 g/mol. The first-order valence-electron chi connectivity index (χ1n) is 14.8. The number of hydrogen-bond acceptors (Lipinski definition) is 5. The summed E-state index contributed by atoms with van der Waals surface area (Å²) in [7, 11) is 1.65. The molecule has 0 saturated heterocycles. The van der Waals surface area contributed by atoms with Crippen molar-refractivity contribution in [2.45, 2.75) is 57.5 Å². The smallest absolute Gasteiger partial charge is 0.261 e. The first-order valence-corrected chi connectivity index (χ1v) is 15.2. The maximum absolute atomic E-state index is 12.7. The minimum absolute atomic E-state index is 0.178. The molecular formula is C34H37ClN2O4. The molecule has 0 N–H and O–H groups in total. The summed E-state index contributed by atoms with van der Waals surface area (Å²) in [6.45, 7) is 2.29. The quantitative estimate of drug-likeness (QED) is 0.243. The second-order valence-electron chi connectivity index (χ2n) is 11.5. The highest BCUT2D eigenvalue weighted by atomic mass is 35.5. The van der Waals surface area contributed by atoms with Crippen LogP contribution in [0.25, 0.3) is 0 Å². The van der Waals surface area contributed by atoms with Crippen molar-refractivity contribution in [3.63, 3.8) is 0 Å². The van der Waals surface area contributed by atoms with E-state index in [4.69, 9.17) is 21.1 Å². The molecule has 1 heterocycles. The van der Waals surface area contributed by atoms with Gasteiger partial charge in [0.15, 0.2) is 11.5 Å². The zero-order valence-corrected chi connectivity index (χ0v) is 24.4. The average molecular weight is 573 g/mol. The van der Waals surface area contributed by atoms with Crippen LogP contribution in [0.5, 0.6) is 11.5 Å². The Balaban J connectivity index is 1.14. The number of fused-ring (bicyclic) bond motifs is 2. The number of amides is 2. The van der Waals surface area contributed by atoms with Crippen LogP contribution in [0.4, 0.5) is 0 Å². The van der Waals surface area contributed by atoms with Crippen molar-refractivity contribution in [2.24, 2.45) is 5.92 Å². The largest absolute Gasteiger partial charge is 0.493 e. The average Bonchev–Trinajstić information content (AvgIpc) is 3.52. The van der Waals surface area contributed by atoms with E-state index in [-0.39, 0.29) is 25.0 Å². The summed E-state index contributed by atoms with van der Waals surface area (Å²) in [5.74, 6) is 1.44. The molecule has 1 atom stereocenters. The Bertz CT molecular complexity index is 1400. The van der Waals surface area contributed by atoms with Gasteiger partial charge in [0.25, 0.3) is 11.8 Å². The number of carbonyl (C=O) groups is 2. The molecule has 6 nitrogen and oxygen atoms in total. The van der Waals surface area contributed by atoms with Gasteiger partial charge in [-0.2, -0.15) is 0 Å². The lowest BCUT2D eigenvalue weighted by Gasteiger charge is -2.34. The second kappa shape index (κ2) is 12.3. The van der Waals surface area contributed by atoms with Gasteiger partial charge in [-0.3, -0.25) is 19.4 Å². The van der Waals surface area contributed by atoms with Crippen LogP contribution >= 0.6 is 11.6 Å². The molecule has 1 fully saturated rings. The normalized spacial score (nSPS) is 18.6. The predicted octanol–water partition coefficient (Wildman–Crippen LogP) is 7.09. The summed E-state index contributed by atoms with van der Waals surface area (Å²) >= 11 is 6.32. The van der Waals surface area contributed by atoms with Crippen molar-refractivity contribution in [1.29, 1.82) is 0 Å². The molecule has 3 aromatic rings. The Hall–Kier alpha value is -3.35. The van der Waals surface area contributed by atoms with Gasteiger partial charge in [0.2, 0.25) is 0 Å². The molecule has 7 heteroatoms. The number of methoxy groups -OCH3 is 1. The number of carbonyl (C=O) groups excluding carboxylic acids is 2. The highest BCUT2D eigenvalue weighted by Crippen LogP contribution is 2.40. The molecule has 2 amide bonds. The maximum atomic E-state index is 12.7. The number of benzene rings is 3. The predicted molar refractivity (Wildman–Crippen MR) is 160 cm³/mol. The number of halogens is 1. The Labute approximate surface area is 247 Å². The molecule has 0 radical (unpaired) electrons. The summed E-state index contributed by atoms with van der Waals surface area (Å²) < 4.78 is 11.7. The van der Waals surface area contributed by atoms with Crippen molar-refractivity contribution in [1.82, 2.24) is 9.80 Å². The summed E-state index contributed by atoms with van der Waals surface area (Å²) in [5.41, 5.74) is 4.85. The number of rotatable bonds is 10. The molecule has 214 valence electrons. The molecule has 1 saturated carbocycles. The van der Waals surface area contributed by atoms with Gasteiger partial charge in [-0.1, -0.05) is 55.1 Å². The number of nitrogens with zero attached hydrogens (tertiary/aromatic N) is 2. The van der Waals surface area contributed by atoms with E-state index in [1.54, 1.807) is 31.4 Å². The molecule has 0 bridgehead atoms. The fourth-order valence-electron chi connectivity index (χ4n) is 6.80. The van der Waals surface area contributed by atoms with Crippen LogP contribution in [-0.2, 0) is 13.0 Å². The molecule has 0 aromatic heterocycles. The first-order chi connectivity index (χ1) is 20.0. The van der Waals surface area contributed by atoms with Crippen LogP contribution in [0.1, 0.15) is 82.0 Å². The Kier molecular flexibility index (Phi) is 8.31. The zero-order valence-electron chi connectivity index (χ0n) is 23.6. The van der Waals surface area contributed by atoms with Crippen LogP contribution in [-0.4, -0.2) is 48.4 Å². The highest BCUT2D eigenvalue weighted by Gasteiger charge is 2.35. The van der Waals surface area contributed by atoms with Crippen LogP contribution in [0.3, 0.4) is 0 Å². The van der Waals surface area contributed by atoms with Gasteiger partial charge in [0.05, 0.1) is 24.8 Å². The lowest BCUT2D eigenvalue weighted by Crippen LogP contribution is -2.33. The Morgan fingerprint density at radius 2 is 1.66 bits per heavy atom. The summed E-state index contributed by atoms with van der Waals surface area (Å²) in [6, 6.07) is 19.8. The van der Waals surface area contributed by atoms with E-state index in [0.717, 1.165) is 36.9 Å². The molecule has 3 aliphatic rings. The van der Waals surface area contributed by atoms with E-state index in [0.29, 0.717) is 28.7 Å². The zero-order chi connectivity index (χ0) is 28.3. The molecule has 41 heavy (non-hydrogen) atoms. The van der Waals surface area contributed by atoms with E-state index >= 15 is 0 Å². The lowest BCUT2D eigenvalue weighted by atomic mass is 9.88. The SMILES string of the molecule is COc1cc(CN(CC2CCCCC2)[C@H]2CCc3cc(Cl)ccc32)ccc1OCCN1C(=O)c2ccccc2C1=O. The number of ether oxygens (including phenoxy) is 2. The maximum Gasteiger partial charge on any atom is 0.261 e. The molecule has 0 unspecified atom stereocenters. The van der Waals surface area contributed by atoms with E-state index in [2.05, 4.69) is 29.2 Å². The topological polar surface area (TPSA) is 59.1 Å². The second-order valence-corrected chi connectivity index (χ2v) is 11.9. The van der Waals surface area contributed by atoms with E-state index in [9.17, 15) is 9.59 Å². The Morgan fingerprint density at radius 3 is 2.39 bits per heavy atom. The lowest BCUT2D eigenvalue weighted by molar-refractivity contribution is 0.0631. The van der Waals surface area contributed by atoms with Crippen molar-refractivity contribution < 1.29 is 19.1 Å². The minimum Gasteiger partial charge on any atom is -0.493 e. The minimum atomic E-state index is -0.273. The fraction of sp³-hybridized carbons (Fsp3) is 0.412. The third-order valence-corrected chi connectivity index (χ3v) is 9.11. The van der Waals surface area contributed by atoms with Gasteiger partial charge in [-0.15, -0.1) is 0 Å². The number of aryl methyl sites for hydroxylation is 1. The van der Waals surface area contributed by atoms with Crippen LogP contribution in [0.2, 0.25) is 5.02 Å². The van der Waals surface area contributed by atoms with Crippen molar-refractivity contribution in [3.05, 3.63) is 93.5 Å². The van der Waals surface area contributed by atoms with Gasteiger partial charge < -0.3 is 9.47 Å². The van der Waals surface area contributed by atoms with Crippen LogP contribution in [0, 0.1) is 5.92 Å². The van der Waals surface area contributed by atoms with E-state index < -0.39 is 0 Å². The van der Waals surface area contributed by atoms with Crippen molar-refractivity contribution in [2.75, 3.05) is 26.8 Å². The molecule has 3 aromatic carbocycles. The standard InChI is InChI=1S/C34H37ClN2O4/c1-40-32-19-24(11-16-31(32)41-18-17-37-33(38)28-9-5-6-10-29(28)34(37)39)22-36(21-23-7-3-2-4-8-23)30-15-12-25-20-26(35)13-14-27(25)30/h5-6,9-11,13-14,16,19-20,23,30H,2-4,7-8,12,15,17-18,21-22H2,1H3/t30-/m0/s1. The van der Waals surface area contributed by atoms with Crippen LogP contribution in [0.15, 0.2) is 60.7 Å². The summed E-state index contributed by atoms with van der Waals surface area (Å²) in [4.78, 5) is 29.3. The van der Waals surface area contributed by atoms with E-state index in [1.807, 2.05) is 12.1 Å². The number of hydrogen-bond donors (Lipinski definition) is 0. The summed E-state index contributed by atoms with van der Waals surface area (Å²) in [6.07, 6.45) is 8.79. The van der Waals surface area contributed by atoms with Crippen molar-refractivity contribution in [3.8, 4) is 11.5 Å². The summed E-state index contributed by atoms with van der Waals surface area (Å²) in [5, 5.41) is 0.812. The molecule has 0 spiro atoms. The molecular weight excluding hydrogens is 536 g/mol. The molecule has 1 aliphatic heterocycles.